The van der Waals surface area contributed by atoms with Crippen LogP contribution in [0.1, 0.15) is 30.5 Å². The largest absolute Gasteiger partial charge is 0.416 e. The molecular weight excluding hydrogens is 309 g/mol. The molecule has 1 aliphatic carbocycles. The Morgan fingerprint density at radius 1 is 1.39 bits per heavy atom. The lowest BCUT2D eigenvalue weighted by Crippen LogP contribution is -2.49. The highest BCUT2D eigenvalue weighted by Crippen LogP contribution is 2.44. The van der Waals surface area contributed by atoms with Gasteiger partial charge in [-0.05, 0) is 43.7 Å². The molecule has 0 radical (unpaired) electrons. The summed E-state index contributed by atoms with van der Waals surface area (Å²) < 4.78 is 39.1. The van der Waals surface area contributed by atoms with Gasteiger partial charge >= 0.3 is 6.18 Å². The van der Waals surface area contributed by atoms with E-state index in [1.54, 1.807) is 4.90 Å². The molecule has 3 unspecified atom stereocenters. The average Bonchev–Trinajstić information content (AvgIpc) is 3.05. The molecule has 1 aromatic rings. The fraction of sp³-hybridized carbons (Fsp3) is 0.600. The first-order chi connectivity index (χ1) is 10.8. The molecule has 8 heteroatoms. The molecule has 1 amide bonds. The van der Waals surface area contributed by atoms with E-state index in [9.17, 15) is 18.0 Å². The van der Waals surface area contributed by atoms with Gasteiger partial charge in [0.05, 0.1) is 5.56 Å². The molecule has 1 aromatic heterocycles. The molecule has 3 N–H and O–H groups in total. The van der Waals surface area contributed by atoms with E-state index in [0.717, 1.165) is 31.4 Å². The van der Waals surface area contributed by atoms with Crippen molar-refractivity contribution in [3.8, 4) is 0 Å². The van der Waals surface area contributed by atoms with Crippen molar-refractivity contribution in [1.82, 2.24) is 10.4 Å². The number of nitrogens with two attached hydrogens (primary N) is 1. The Hall–Kier alpha value is -1.83. The quantitative estimate of drug-likeness (QED) is 0.495. The van der Waals surface area contributed by atoms with Crippen LogP contribution in [0.2, 0.25) is 0 Å². The zero-order valence-electron chi connectivity index (χ0n) is 12.7. The molecule has 0 aromatic carbocycles. The van der Waals surface area contributed by atoms with Gasteiger partial charge in [-0.1, -0.05) is 6.42 Å². The van der Waals surface area contributed by atoms with E-state index in [1.807, 2.05) is 0 Å². The van der Waals surface area contributed by atoms with Crippen LogP contribution in [0.4, 0.5) is 19.0 Å². The van der Waals surface area contributed by atoms with Gasteiger partial charge < -0.3 is 4.90 Å². The third-order valence-corrected chi connectivity index (χ3v) is 4.86. The number of halogens is 3. The van der Waals surface area contributed by atoms with Gasteiger partial charge in [0, 0.05) is 12.2 Å². The molecule has 0 spiro atoms. The molecule has 1 saturated carbocycles. The van der Waals surface area contributed by atoms with Gasteiger partial charge in [0.25, 0.3) is 5.91 Å². The van der Waals surface area contributed by atoms with Crippen molar-refractivity contribution in [2.24, 2.45) is 17.7 Å². The monoisotopic (exact) mass is 328 g/mol. The van der Waals surface area contributed by atoms with Crippen LogP contribution in [0.5, 0.6) is 0 Å². The molecule has 2 aliphatic rings. The number of anilines is 1. The summed E-state index contributed by atoms with van der Waals surface area (Å²) in [4.78, 5) is 18.1. The number of amides is 1. The van der Waals surface area contributed by atoms with E-state index in [2.05, 4.69) is 10.4 Å². The summed E-state index contributed by atoms with van der Waals surface area (Å²) in [6, 6.07) is 1.48. The van der Waals surface area contributed by atoms with Gasteiger partial charge in [0.2, 0.25) is 0 Å². The van der Waals surface area contributed by atoms with Gasteiger partial charge in [-0.2, -0.15) is 13.2 Å². The molecule has 3 atom stereocenters. The molecule has 2 fully saturated rings. The summed E-state index contributed by atoms with van der Waals surface area (Å²) in [5.41, 5.74) is 1.68. The minimum atomic E-state index is -4.44. The molecule has 0 bridgehead atoms. The van der Waals surface area contributed by atoms with Gasteiger partial charge in [-0.15, -0.1) is 0 Å². The summed E-state index contributed by atoms with van der Waals surface area (Å²) in [7, 11) is 0. The van der Waals surface area contributed by atoms with Gasteiger partial charge in [-0.25, -0.2) is 10.8 Å². The molecule has 1 aliphatic heterocycles. The highest BCUT2D eigenvalue weighted by Gasteiger charge is 2.48. The maximum atomic E-state index is 13.0. The lowest BCUT2D eigenvalue weighted by molar-refractivity contribution is -0.137. The highest BCUT2D eigenvalue weighted by atomic mass is 19.4. The van der Waals surface area contributed by atoms with Crippen molar-refractivity contribution in [2.45, 2.75) is 38.4 Å². The van der Waals surface area contributed by atoms with E-state index >= 15 is 0 Å². The van der Waals surface area contributed by atoms with Crippen molar-refractivity contribution in [3.05, 3.63) is 23.4 Å². The summed E-state index contributed by atoms with van der Waals surface area (Å²) in [5.74, 6) is 5.53. The second kappa shape index (κ2) is 5.67. The Kier molecular flexibility index (Phi) is 3.95. The summed E-state index contributed by atoms with van der Waals surface area (Å²) >= 11 is 0. The second-order valence-electron chi connectivity index (χ2n) is 6.31. The predicted molar refractivity (Wildman–Crippen MR) is 78.3 cm³/mol. The normalized spacial score (nSPS) is 27.2. The molecule has 126 valence electrons. The van der Waals surface area contributed by atoms with Crippen LogP contribution in [0, 0.1) is 18.8 Å². The second-order valence-corrected chi connectivity index (χ2v) is 6.31. The Balaban J connectivity index is 1.99. The van der Waals surface area contributed by atoms with Crippen LogP contribution in [0.15, 0.2) is 12.1 Å². The number of aromatic nitrogens is 1. The maximum absolute atomic E-state index is 13.0. The summed E-state index contributed by atoms with van der Waals surface area (Å²) in [6.45, 7) is 2.06. The molecule has 3 rings (SSSR count). The number of nitrogens with one attached hydrogen (secondary N) is 1. The minimum absolute atomic E-state index is 0.121. The number of carbonyl (C=O) groups excluding carboxylic acids is 1. The number of pyridine rings is 1. The smallest absolute Gasteiger partial charge is 0.344 e. The Morgan fingerprint density at radius 2 is 2.13 bits per heavy atom. The first-order valence-corrected chi connectivity index (χ1v) is 7.64. The van der Waals surface area contributed by atoms with Crippen LogP contribution in [-0.4, -0.2) is 23.5 Å². The number of carbonyl (C=O) groups is 1. The number of rotatable bonds is 2. The molecule has 2 heterocycles. The number of fused-ring (bicyclic) bond motifs is 1. The third-order valence-electron chi connectivity index (χ3n) is 4.86. The predicted octanol–water partition coefficient (Wildman–Crippen LogP) is 2.00. The first kappa shape index (κ1) is 16.0. The van der Waals surface area contributed by atoms with Crippen LogP contribution >= 0.6 is 0 Å². The van der Waals surface area contributed by atoms with E-state index in [-0.39, 0.29) is 23.3 Å². The van der Waals surface area contributed by atoms with Crippen molar-refractivity contribution in [2.75, 3.05) is 11.4 Å². The van der Waals surface area contributed by atoms with Crippen molar-refractivity contribution >= 4 is 11.7 Å². The minimum Gasteiger partial charge on any atom is -0.344 e. The average molecular weight is 328 g/mol. The van der Waals surface area contributed by atoms with Gasteiger partial charge in [0.15, 0.2) is 0 Å². The van der Waals surface area contributed by atoms with Gasteiger partial charge in [0.1, 0.15) is 11.9 Å². The van der Waals surface area contributed by atoms with Gasteiger partial charge in [-0.3, -0.25) is 10.2 Å². The van der Waals surface area contributed by atoms with Crippen molar-refractivity contribution in [1.29, 1.82) is 0 Å². The molecule has 1 saturated heterocycles. The number of alkyl halides is 3. The number of hydrogen-bond donors (Lipinski definition) is 2. The Morgan fingerprint density at radius 3 is 2.78 bits per heavy atom. The number of hydrazine groups is 1. The van der Waals surface area contributed by atoms with Crippen molar-refractivity contribution in [3.63, 3.8) is 0 Å². The fourth-order valence-electron chi connectivity index (χ4n) is 3.92. The van der Waals surface area contributed by atoms with E-state index in [1.165, 1.54) is 6.92 Å². The van der Waals surface area contributed by atoms with Crippen LogP contribution < -0.4 is 16.2 Å². The van der Waals surface area contributed by atoms with Crippen LogP contribution in [0.3, 0.4) is 0 Å². The number of aryl methyl sites for hydroxylation is 1. The Bertz CT molecular complexity index is 619. The summed E-state index contributed by atoms with van der Waals surface area (Å²) in [6.07, 6.45) is -1.54. The molecule has 5 nitrogen and oxygen atoms in total. The van der Waals surface area contributed by atoms with Crippen LogP contribution in [0.25, 0.3) is 0 Å². The molecule has 23 heavy (non-hydrogen) atoms. The maximum Gasteiger partial charge on any atom is 0.416 e. The number of hydrogen-bond acceptors (Lipinski definition) is 4. The molecular formula is C15H19F3N4O. The summed E-state index contributed by atoms with van der Waals surface area (Å²) in [5, 5.41) is 0. The zero-order chi connectivity index (χ0) is 16.8. The lowest BCUT2D eigenvalue weighted by atomic mass is 9.93. The lowest BCUT2D eigenvalue weighted by Gasteiger charge is -2.28. The standard InChI is InChI=1S/C15H19F3N4O/c1-8-5-10(15(16,17)18)6-12(20-8)22-7-9-3-2-4-11(9)13(22)14(23)21-19/h5-6,9,11,13H,2-4,7,19H2,1H3,(H,21,23). The van der Waals surface area contributed by atoms with Crippen LogP contribution in [-0.2, 0) is 11.0 Å². The zero-order valence-corrected chi connectivity index (χ0v) is 12.7. The number of nitrogens with zero attached hydrogens (tertiary/aromatic N) is 2. The first-order valence-electron chi connectivity index (χ1n) is 7.64. The van der Waals surface area contributed by atoms with Crippen molar-refractivity contribution < 1.29 is 18.0 Å². The fourth-order valence-corrected chi connectivity index (χ4v) is 3.92. The van der Waals surface area contributed by atoms with E-state index in [4.69, 9.17) is 5.84 Å². The third kappa shape index (κ3) is 2.87. The highest BCUT2D eigenvalue weighted by molar-refractivity contribution is 5.85. The SMILES string of the molecule is Cc1cc(C(F)(F)F)cc(N2CC3CCCC3C2C(=O)NN)n1. The Labute approximate surface area is 132 Å². The van der Waals surface area contributed by atoms with E-state index < -0.39 is 17.8 Å². The van der Waals surface area contributed by atoms with E-state index in [0.29, 0.717) is 12.5 Å². The topological polar surface area (TPSA) is 71.2 Å².